The monoisotopic (exact) mass is 274 g/mol. The normalized spacial score (nSPS) is 10.9. The summed E-state index contributed by atoms with van der Waals surface area (Å²) in [5.74, 6) is 0.358. The van der Waals surface area contributed by atoms with Crippen LogP contribution in [0, 0.1) is 12.7 Å². The lowest BCUT2D eigenvalue weighted by molar-refractivity contribution is -0.115. The highest BCUT2D eigenvalue weighted by Gasteiger charge is 2.10. The molecule has 6 nitrogen and oxygen atoms in total. The molecule has 7 heteroatoms. The summed E-state index contributed by atoms with van der Waals surface area (Å²) < 4.78 is 19.4. The molecule has 0 saturated carbocycles. The molecule has 0 aliphatic rings. The van der Waals surface area contributed by atoms with Crippen molar-refractivity contribution < 1.29 is 13.7 Å². The van der Waals surface area contributed by atoms with Gasteiger partial charge in [0.25, 0.3) is 0 Å². The number of pyridine rings is 1. The predicted octanol–water partition coefficient (Wildman–Crippen LogP) is 1.95. The van der Waals surface area contributed by atoms with E-state index >= 15 is 0 Å². The largest absolute Gasteiger partial charge is 0.360 e. The van der Waals surface area contributed by atoms with Crippen LogP contribution in [-0.2, 0) is 11.2 Å². The summed E-state index contributed by atoms with van der Waals surface area (Å²) in [6.45, 7) is 1.74. The van der Waals surface area contributed by atoms with Gasteiger partial charge in [-0.3, -0.25) is 4.79 Å². The van der Waals surface area contributed by atoms with E-state index in [0.717, 1.165) is 0 Å². The van der Waals surface area contributed by atoms with Crippen LogP contribution in [0.1, 0.15) is 11.5 Å². The molecule has 0 spiro atoms. The van der Waals surface area contributed by atoms with Crippen LogP contribution in [0.15, 0.2) is 35.1 Å². The maximum absolute atomic E-state index is 13.1. The van der Waals surface area contributed by atoms with E-state index in [1.54, 1.807) is 25.3 Å². The molecule has 1 amide bonds. The van der Waals surface area contributed by atoms with E-state index in [2.05, 4.69) is 15.5 Å². The molecular formula is C13H11FN4O2. The Balaban J connectivity index is 1.73. The number of imidazole rings is 1. The maximum Gasteiger partial charge on any atom is 0.231 e. The summed E-state index contributed by atoms with van der Waals surface area (Å²) in [5, 5.41) is 6.27. The second kappa shape index (κ2) is 4.76. The van der Waals surface area contributed by atoms with Crippen LogP contribution in [0.5, 0.6) is 0 Å². The van der Waals surface area contributed by atoms with Crippen molar-refractivity contribution in [3.05, 3.63) is 47.9 Å². The first-order valence-corrected chi connectivity index (χ1v) is 5.96. The number of rotatable bonds is 3. The number of hydrogen-bond acceptors (Lipinski definition) is 4. The molecule has 3 rings (SSSR count). The van der Waals surface area contributed by atoms with Crippen molar-refractivity contribution in [3.63, 3.8) is 0 Å². The van der Waals surface area contributed by atoms with Crippen LogP contribution in [0.3, 0.4) is 0 Å². The standard InChI is InChI=1S/C13H11FN4O2/c1-8-4-11(17-20-8)16-13(19)5-10-7-18-6-9(14)2-3-12(18)15-10/h2-4,6-7H,5H2,1H3,(H,16,17,19). The van der Waals surface area contributed by atoms with E-state index in [4.69, 9.17) is 4.52 Å². The lowest BCUT2D eigenvalue weighted by Crippen LogP contribution is -2.14. The van der Waals surface area contributed by atoms with Crippen molar-refractivity contribution in [1.29, 1.82) is 0 Å². The smallest absolute Gasteiger partial charge is 0.231 e. The highest BCUT2D eigenvalue weighted by Crippen LogP contribution is 2.10. The lowest BCUT2D eigenvalue weighted by atomic mass is 10.3. The van der Waals surface area contributed by atoms with Crippen molar-refractivity contribution in [3.8, 4) is 0 Å². The second-order valence-electron chi connectivity index (χ2n) is 4.39. The van der Waals surface area contributed by atoms with E-state index in [0.29, 0.717) is 22.9 Å². The van der Waals surface area contributed by atoms with Gasteiger partial charge in [0.1, 0.15) is 17.2 Å². The zero-order chi connectivity index (χ0) is 14.1. The number of carbonyl (C=O) groups excluding carboxylic acids is 1. The Bertz CT molecular complexity index is 778. The molecule has 0 fully saturated rings. The molecule has 0 radical (unpaired) electrons. The van der Waals surface area contributed by atoms with Crippen LogP contribution >= 0.6 is 0 Å². The number of fused-ring (bicyclic) bond motifs is 1. The number of nitrogens with one attached hydrogen (secondary N) is 1. The maximum atomic E-state index is 13.1. The Morgan fingerprint density at radius 3 is 3.05 bits per heavy atom. The summed E-state index contributed by atoms with van der Waals surface area (Å²) in [6.07, 6.45) is 3.01. The van der Waals surface area contributed by atoms with Gasteiger partial charge >= 0.3 is 0 Å². The summed E-state index contributed by atoms with van der Waals surface area (Å²) in [4.78, 5) is 16.1. The number of aryl methyl sites for hydroxylation is 1. The average Bonchev–Trinajstić information content (AvgIpc) is 2.94. The van der Waals surface area contributed by atoms with Gasteiger partial charge in [0.2, 0.25) is 5.91 Å². The second-order valence-corrected chi connectivity index (χ2v) is 4.39. The van der Waals surface area contributed by atoms with Gasteiger partial charge in [-0.05, 0) is 19.1 Å². The molecular weight excluding hydrogens is 263 g/mol. The number of nitrogens with zero attached hydrogens (tertiary/aromatic N) is 3. The van der Waals surface area contributed by atoms with Crippen molar-refractivity contribution in [2.75, 3.05) is 5.32 Å². The first-order valence-electron chi connectivity index (χ1n) is 5.96. The molecule has 1 N–H and O–H groups in total. The molecule has 0 atom stereocenters. The first kappa shape index (κ1) is 12.3. The molecule has 3 aromatic rings. The molecule has 0 saturated heterocycles. The fourth-order valence-corrected chi connectivity index (χ4v) is 1.88. The lowest BCUT2D eigenvalue weighted by Gasteiger charge is -1.97. The SMILES string of the molecule is Cc1cc(NC(=O)Cc2cn3cc(F)ccc3n2)no1. The van der Waals surface area contributed by atoms with Gasteiger partial charge < -0.3 is 14.2 Å². The quantitative estimate of drug-likeness (QED) is 0.792. The van der Waals surface area contributed by atoms with Crippen LogP contribution in [0.25, 0.3) is 5.65 Å². The van der Waals surface area contributed by atoms with Gasteiger partial charge in [0, 0.05) is 18.5 Å². The zero-order valence-electron chi connectivity index (χ0n) is 10.6. The summed E-state index contributed by atoms with van der Waals surface area (Å²) in [6, 6.07) is 4.50. The van der Waals surface area contributed by atoms with Crippen molar-refractivity contribution in [2.45, 2.75) is 13.3 Å². The summed E-state index contributed by atoms with van der Waals surface area (Å²) in [5.41, 5.74) is 1.14. The third-order valence-electron chi connectivity index (χ3n) is 2.70. The molecule has 3 heterocycles. The number of amides is 1. The van der Waals surface area contributed by atoms with Gasteiger partial charge in [-0.15, -0.1) is 0 Å². The van der Waals surface area contributed by atoms with E-state index in [1.165, 1.54) is 16.7 Å². The molecule has 102 valence electrons. The Morgan fingerprint density at radius 2 is 2.30 bits per heavy atom. The predicted molar refractivity (Wildman–Crippen MR) is 68.7 cm³/mol. The van der Waals surface area contributed by atoms with Crippen molar-refractivity contribution >= 4 is 17.4 Å². The minimum atomic E-state index is -0.357. The van der Waals surface area contributed by atoms with Gasteiger partial charge in [-0.1, -0.05) is 5.16 Å². The molecule has 20 heavy (non-hydrogen) atoms. The molecule has 0 aliphatic carbocycles. The number of carbonyl (C=O) groups is 1. The Hall–Kier alpha value is -2.70. The van der Waals surface area contributed by atoms with Crippen molar-refractivity contribution in [1.82, 2.24) is 14.5 Å². The summed E-state index contributed by atoms with van der Waals surface area (Å²) >= 11 is 0. The molecule has 0 unspecified atom stereocenters. The van der Waals surface area contributed by atoms with Gasteiger partial charge in [0.15, 0.2) is 5.82 Å². The summed E-state index contributed by atoms with van der Waals surface area (Å²) in [7, 11) is 0. The minimum absolute atomic E-state index is 0.0786. The van der Waals surface area contributed by atoms with Crippen LogP contribution in [-0.4, -0.2) is 20.4 Å². The van der Waals surface area contributed by atoms with Crippen LogP contribution in [0.2, 0.25) is 0 Å². The van der Waals surface area contributed by atoms with Gasteiger partial charge in [0.05, 0.1) is 12.1 Å². The molecule has 0 aliphatic heterocycles. The average molecular weight is 274 g/mol. The van der Waals surface area contributed by atoms with E-state index in [-0.39, 0.29) is 18.1 Å². The number of aromatic nitrogens is 3. The zero-order valence-corrected chi connectivity index (χ0v) is 10.6. The first-order chi connectivity index (χ1) is 9.60. The van der Waals surface area contributed by atoms with Gasteiger partial charge in [-0.2, -0.15) is 0 Å². The van der Waals surface area contributed by atoms with E-state index < -0.39 is 0 Å². The molecule has 0 bridgehead atoms. The number of halogens is 1. The topological polar surface area (TPSA) is 72.4 Å². The fraction of sp³-hybridized carbons (Fsp3) is 0.154. The van der Waals surface area contributed by atoms with Crippen LogP contribution in [0.4, 0.5) is 10.2 Å². The third kappa shape index (κ3) is 2.51. The highest BCUT2D eigenvalue weighted by atomic mass is 19.1. The van der Waals surface area contributed by atoms with E-state index in [1.807, 2.05) is 0 Å². The third-order valence-corrected chi connectivity index (χ3v) is 2.70. The van der Waals surface area contributed by atoms with E-state index in [9.17, 15) is 9.18 Å². The number of anilines is 1. The molecule has 3 aromatic heterocycles. The molecule has 0 aromatic carbocycles. The van der Waals surface area contributed by atoms with Gasteiger partial charge in [-0.25, -0.2) is 9.37 Å². The fourth-order valence-electron chi connectivity index (χ4n) is 1.88. The Labute approximate surface area is 113 Å². The Kier molecular flexibility index (Phi) is 2.94. The van der Waals surface area contributed by atoms with Crippen LogP contribution < -0.4 is 5.32 Å². The Morgan fingerprint density at radius 1 is 1.45 bits per heavy atom. The minimum Gasteiger partial charge on any atom is -0.360 e. The van der Waals surface area contributed by atoms with Crippen molar-refractivity contribution in [2.24, 2.45) is 0 Å². The highest BCUT2D eigenvalue weighted by molar-refractivity contribution is 5.91. The number of hydrogen-bond donors (Lipinski definition) is 1.